The van der Waals surface area contributed by atoms with Crippen LogP contribution in [0.15, 0.2) is 18.2 Å². The first-order valence-electron chi connectivity index (χ1n) is 5.93. The summed E-state index contributed by atoms with van der Waals surface area (Å²) in [4.78, 5) is 22.1. The molecule has 1 saturated carbocycles. The van der Waals surface area contributed by atoms with Crippen LogP contribution in [0.3, 0.4) is 0 Å². The van der Waals surface area contributed by atoms with Gasteiger partial charge in [-0.3, -0.25) is 9.59 Å². The molecule has 0 spiro atoms. The maximum atomic E-state index is 13.3. The highest BCUT2D eigenvalue weighted by Gasteiger charge is 2.48. The highest BCUT2D eigenvalue weighted by atomic mass is 19.1. The maximum Gasteiger partial charge on any atom is 0.307 e. The van der Waals surface area contributed by atoms with Gasteiger partial charge in [-0.25, -0.2) is 8.78 Å². The van der Waals surface area contributed by atoms with Crippen molar-refractivity contribution in [3.63, 3.8) is 0 Å². The molecule has 0 radical (unpaired) electrons. The Morgan fingerprint density at radius 3 is 2.68 bits per heavy atom. The first-order chi connectivity index (χ1) is 8.99. The Balaban J connectivity index is 1.79. The third-order valence-electron chi connectivity index (χ3n) is 3.15. The fourth-order valence-corrected chi connectivity index (χ4v) is 1.94. The van der Waals surface area contributed by atoms with Gasteiger partial charge in [-0.05, 0) is 36.6 Å². The lowest BCUT2D eigenvalue weighted by atomic mass is 10.1. The number of carboxylic acid groups (broad SMARTS) is 1. The minimum absolute atomic E-state index is 0.155. The Hall–Kier alpha value is -1.98. The highest BCUT2D eigenvalue weighted by molar-refractivity contribution is 5.89. The fraction of sp³-hybridized carbons (Fsp3) is 0.385. The number of carbonyl (C=O) groups is 2. The molecule has 19 heavy (non-hydrogen) atoms. The van der Waals surface area contributed by atoms with Crippen LogP contribution in [-0.4, -0.2) is 23.5 Å². The van der Waals surface area contributed by atoms with Crippen molar-refractivity contribution in [1.82, 2.24) is 5.32 Å². The van der Waals surface area contributed by atoms with E-state index in [0.717, 1.165) is 18.2 Å². The molecule has 1 aliphatic rings. The average molecular weight is 269 g/mol. The highest BCUT2D eigenvalue weighted by Crippen LogP contribution is 2.38. The van der Waals surface area contributed by atoms with Gasteiger partial charge in [0.2, 0.25) is 5.91 Å². The van der Waals surface area contributed by atoms with Gasteiger partial charge in [0.05, 0.1) is 11.8 Å². The second-order valence-corrected chi connectivity index (χ2v) is 4.56. The SMILES string of the molecule is O=C(O)C1CC1C(=O)NCCc1cc(F)ccc1F. The van der Waals surface area contributed by atoms with Gasteiger partial charge in [0.15, 0.2) is 0 Å². The molecule has 0 aliphatic heterocycles. The molecule has 2 atom stereocenters. The van der Waals surface area contributed by atoms with Crippen molar-refractivity contribution in [1.29, 1.82) is 0 Å². The molecular formula is C13H13F2NO3. The van der Waals surface area contributed by atoms with Crippen LogP contribution in [0.1, 0.15) is 12.0 Å². The first-order valence-corrected chi connectivity index (χ1v) is 5.93. The topological polar surface area (TPSA) is 66.4 Å². The van der Waals surface area contributed by atoms with E-state index in [9.17, 15) is 18.4 Å². The van der Waals surface area contributed by atoms with Crippen LogP contribution in [0.5, 0.6) is 0 Å². The van der Waals surface area contributed by atoms with E-state index < -0.39 is 29.4 Å². The van der Waals surface area contributed by atoms with E-state index in [1.54, 1.807) is 0 Å². The average Bonchev–Trinajstić information content (AvgIpc) is 3.13. The van der Waals surface area contributed by atoms with Crippen LogP contribution in [0.2, 0.25) is 0 Å². The van der Waals surface area contributed by atoms with Crippen LogP contribution in [-0.2, 0) is 16.0 Å². The van der Waals surface area contributed by atoms with Crippen LogP contribution in [0.25, 0.3) is 0 Å². The summed E-state index contributed by atoms with van der Waals surface area (Å²) in [5.74, 6) is -3.47. The molecule has 0 bridgehead atoms. The minimum Gasteiger partial charge on any atom is -0.481 e. The Kier molecular flexibility index (Phi) is 3.78. The lowest BCUT2D eigenvalue weighted by Crippen LogP contribution is -2.28. The van der Waals surface area contributed by atoms with E-state index in [0.29, 0.717) is 6.42 Å². The third kappa shape index (κ3) is 3.27. The van der Waals surface area contributed by atoms with E-state index in [-0.39, 0.29) is 24.4 Å². The fourth-order valence-electron chi connectivity index (χ4n) is 1.94. The molecular weight excluding hydrogens is 256 g/mol. The summed E-state index contributed by atoms with van der Waals surface area (Å²) in [7, 11) is 0. The van der Waals surface area contributed by atoms with Crippen molar-refractivity contribution in [2.45, 2.75) is 12.8 Å². The number of hydrogen-bond acceptors (Lipinski definition) is 2. The van der Waals surface area contributed by atoms with Gasteiger partial charge < -0.3 is 10.4 Å². The summed E-state index contributed by atoms with van der Waals surface area (Å²) >= 11 is 0. The molecule has 0 saturated heterocycles. The smallest absolute Gasteiger partial charge is 0.307 e. The summed E-state index contributed by atoms with van der Waals surface area (Å²) in [6.45, 7) is 0.155. The molecule has 1 fully saturated rings. The van der Waals surface area contributed by atoms with Gasteiger partial charge in [0, 0.05) is 6.54 Å². The van der Waals surface area contributed by atoms with E-state index in [1.165, 1.54) is 0 Å². The lowest BCUT2D eigenvalue weighted by Gasteiger charge is -2.05. The van der Waals surface area contributed by atoms with Crippen LogP contribution in [0.4, 0.5) is 8.78 Å². The van der Waals surface area contributed by atoms with Gasteiger partial charge in [0.25, 0.3) is 0 Å². The van der Waals surface area contributed by atoms with Crippen LogP contribution in [0, 0.1) is 23.5 Å². The van der Waals surface area contributed by atoms with Gasteiger partial charge >= 0.3 is 5.97 Å². The standard InChI is InChI=1S/C13H13F2NO3/c14-8-1-2-11(15)7(5-8)3-4-16-12(17)9-6-10(9)13(18)19/h1-2,5,9-10H,3-4,6H2,(H,16,17)(H,18,19). The van der Waals surface area contributed by atoms with Crippen molar-refractivity contribution in [2.24, 2.45) is 11.8 Å². The number of carboxylic acids is 1. The van der Waals surface area contributed by atoms with Crippen LogP contribution < -0.4 is 5.32 Å². The van der Waals surface area contributed by atoms with Gasteiger partial charge in [-0.2, -0.15) is 0 Å². The normalized spacial score (nSPS) is 20.9. The van der Waals surface area contributed by atoms with Gasteiger partial charge in [0.1, 0.15) is 11.6 Å². The number of rotatable bonds is 5. The Labute approximate surface area is 108 Å². The number of benzene rings is 1. The molecule has 2 unspecified atom stereocenters. The molecule has 6 heteroatoms. The van der Waals surface area contributed by atoms with E-state index >= 15 is 0 Å². The molecule has 1 aliphatic carbocycles. The number of amides is 1. The number of aliphatic carboxylic acids is 1. The zero-order chi connectivity index (χ0) is 14.0. The molecule has 2 N–H and O–H groups in total. The van der Waals surface area contributed by atoms with E-state index in [2.05, 4.69) is 5.32 Å². The third-order valence-corrected chi connectivity index (χ3v) is 3.15. The lowest BCUT2D eigenvalue weighted by molar-refractivity contribution is -0.140. The maximum absolute atomic E-state index is 13.3. The molecule has 102 valence electrons. The second-order valence-electron chi connectivity index (χ2n) is 4.56. The first kappa shape index (κ1) is 13.5. The molecule has 1 aromatic carbocycles. The number of nitrogens with one attached hydrogen (secondary N) is 1. The molecule has 2 rings (SSSR count). The minimum atomic E-state index is -0.976. The molecule has 0 aromatic heterocycles. The van der Waals surface area contributed by atoms with Gasteiger partial charge in [-0.15, -0.1) is 0 Å². The Morgan fingerprint density at radius 1 is 1.32 bits per heavy atom. The Bertz CT molecular complexity index is 519. The predicted molar refractivity (Wildman–Crippen MR) is 62.3 cm³/mol. The molecule has 1 amide bonds. The van der Waals surface area contributed by atoms with Crippen molar-refractivity contribution < 1.29 is 23.5 Å². The van der Waals surface area contributed by atoms with E-state index in [1.807, 2.05) is 0 Å². The number of hydrogen-bond donors (Lipinski definition) is 2. The zero-order valence-corrected chi connectivity index (χ0v) is 10.0. The summed E-state index contributed by atoms with van der Waals surface area (Å²) < 4.78 is 26.2. The summed E-state index contributed by atoms with van der Waals surface area (Å²) in [6, 6.07) is 3.14. The monoisotopic (exact) mass is 269 g/mol. The molecule has 0 heterocycles. The second kappa shape index (κ2) is 5.34. The van der Waals surface area contributed by atoms with Crippen molar-refractivity contribution >= 4 is 11.9 Å². The van der Waals surface area contributed by atoms with E-state index in [4.69, 9.17) is 5.11 Å². The van der Waals surface area contributed by atoms with Crippen molar-refractivity contribution in [2.75, 3.05) is 6.54 Å². The molecule has 4 nitrogen and oxygen atoms in total. The molecule has 1 aromatic rings. The quantitative estimate of drug-likeness (QED) is 0.847. The van der Waals surface area contributed by atoms with Crippen molar-refractivity contribution in [3.8, 4) is 0 Å². The van der Waals surface area contributed by atoms with Gasteiger partial charge in [-0.1, -0.05) is 0 Å². The summed E-state index contributed by atoms with van der Waals surface area (Å²) in [6.07, 6.45) is 0.509. The zero-order valence-electron chi connectivity index (χ0n) is 10.0. The van der Waals surface area contributed by atoms with Crippen LogP contribution >= 0.6 is 0 Å². The van der Waals surface area contributed by atoms with Crippen molar-refractivity contribution in [3.05, 3.63) is 35.4 Å². The Morgan fingerprint density at radius 2 is 2.05 bits per heavy atom. The summed E-state index contributed by atoms with van der Waals surface area (Å²) in [5, 5.41) is 11.2. The summed E-state index contributed by atoms with van der Waals surface area (Å²) in [5.41, 5.74) is 0.186. The number of halogens is 2. The number of carbonyl (C=O) groups excluding carboxylic acids is 1. The predicted octanol–water partition coefficient (Wildman–Crippen LogP) is 1.34. The largest absolute Gasteiger partial charge is 0.481 e.